The minimum Gasteiger partial charge on any atom is -0.393 e. The molecule has 0 spiro atoms. The summed E-state index contributed by atoms with van der Waals surface area (Å²) in [6.07, 6.45) is 0.163. The number of non-ortho nitro benzene ring substituents is 1. The first kappa shape index (κ1) is 15.7. The van der Waals surface area contributed by atoms with Gasteiger partial charge in [0.2, 0.25) is 10.0 Å². The predicted molar refractivity (Wildman–Crippen MR) is 76.5 cm³/mol. The minimum absolute atomic E-state index is 0.00223. The van der Waals surface area contributed by atoms with Crippen LogP contribution in [0.4, 0.5) is 11.4 Å². The third-order valence-corrected chi connectivity index (χ3v) is 4.67. The number of aliphatic hydroxyl groups is 1. The Labute approximate surface area is 122 Å². The van der Waals surface area contributed by atoms with E-state index in [2.05, 4.69) is 0 Å². The van der Waals surface area contributed by atoms with Crippen molar-refractivity contribution in [3.05, 3.63) is 28.3 Å². The number of nitro groups is 1. The Morgan fingerprint density at radius 1 is 1.52 bits per heavy atom. The number of nitrogens with two attached hydrogens (primary N) is 1. The molecule has 21 heavy (non-hydrogen) atoms. The number of aliphatic hydroxyl groups excluding tert-OH is 1. The summed E-state index contributed by atoms with van der Waals surface area (Å²) in [6, 6.07) is 3.48. The van der Waals surface area contributed by atoms with Crippen molar-refractivity contribution in [1.29, 1.82) is 0 Å². The van der Waals surface area contributed by atoms with Crippen LogP contribution in [-0.2, 0) is 10.0 Å². The molecule has 1 aromatic carbocycles. The number of anilines is 1. The van der Waals surface area contributed by atoms with Gasteiger partial charge in [0.15, 0.2) is 0 Å². The molecule has 1 aliphatic rings. The first-order valence-corrected chi connectivity index (χ1v) is 7.99. The summed E-state index contributed by atoms with van der Waals surface area (Å²) in [5.41, 5.74) is 0.0211. The molecule has 0 amide bonds. The average Bonchev–Trinajstić information content (AvgIpc) is 2.86. The first-order chi connectivity index (χ1) is 9.70. The average molecular weight is 315 g/mol. The van der Waals surface area contributed by atoms with Crippen LogP contribution < -0.4 is 10.0 Å². The highest BCUT2D eigenvalue weighted by Crippen LogP contribution is 2.33. The Morgan fingerprint density at radius 3 is 2.67 bits per heavy atom. The van der Waals surface area contributed by atoms with Gasteiger partial charge >= 0.3 is 0 Å². The summed E-state index contributed by atoms with van der Waals surface area (Å²) in [7, 11) is -3.98. The van der Waals surface area contributed by atoms with Crippen LogP contribution >= 0.6 is 0 Å². The first-order valence-electron chi connectivity index (χ1n) is 6.44. The van der Waals surface area contributed by atoms with Gasteiger partial charge < -0.3 is 10.0 Å². The third-order valence-electron chi connectivity index (χ3n) is 3.71. The van der Waals surface area contributed by atoms with Crippen LogP contribution in [0.5, 0.6) is 0 Å². The quantitative estimate of drug-likeness (QED) is 0.613. The Hall–Kier alpha value is -1.71. The van der Waals surface area contributed by atoms with Gasteiger partial charge in [-0.25, -0.2) is 13.6 Å². The molecular weight excluding hydrogens is 298 g/mol. The van der Waals surface area contributed by atoms with Crippen molar-refractivity contribution in [2.75, 3.05) is 18.0 Å². The van der Waals surface area contributed by atoms with Gasteiger partial charge in [-0.2, -0.15) is 0 Å². The second-order valence-electron chi connectivity index (χ2n) is 5.19. The molecule has 3 N–H and O–H groups in total. The molecule has 8 nitrogen and oxygen atoms in total. The number of benzene rings is 1. The summed E-state index contributed by atoms with van der Waals surface area (Å²) in [5, 5.41) is 25.7. The summed E-state index contributed by atoms with van der Waals surface area (Å²) >= 11 is 0. The molecule has 9 heteroatoms. The van der Waals surface area contributed by atoms with Crippen molar-refractivity contribution in [1.82, 2.24) is 0 Å². The predicted octanol–water partition coefficient (Wildman–Crippen LogP) is 0.449. The lowest BCUT2D eigenvalue weighted by molar-refractivity contribution is -0.384. The van der Waals surface area contributed by atoms with Crippen LogP contribution in [0.2, 0.25) is 0 Å². The molecule has 1 aliphatic heterocycles. The van der Waals surface area contributed by atoms with Gasteiger partial charge in [0.1, 0.15) is 4.90 Å². The zero-order chi connectivity index (χ0) is 15.8. The number of primary sulfonamides is 1. The van der Waals surface area contributed by atoms with Crippen molar-refractivity contribution in [3.63, 3.8) is 0 Å². The van der Waals surface area contributed by atoms with E-state index in [1.54, 1.807) is 11.8 Å². The molecule has 116 valence electrons. The Morgan fingerprint density at radius 2 is 2.19 bits per heavy atom. The lowest BCUT2D eigenvalue weighted by atomic mass is 10.0. The van der Waals surface area contributed by atoms with Crippen LogP contribution in [0.1, 0.15) is 13.3 Å². The zero-order valence-electron chi connectivity index (χ0n) is 11.5. The monoisotopic (exact) mass is 315 g/mol. The van der Waals surface area contributed by atoms with E-state index in [-0.39, 0.29) is 22.2 Å². The largest absolute Gasteiger partial charge is 0.393 e. The highest BCUT2D eigenvalue weighted by atomic mass is 32.2. The Kier molecular flexibility index (Phi) is 4.17. The van der Waals surface area contributed by atoms with Crippen LogP contribution in [0.25, 0.3) is 0 Å². The summed E-state index contributed by atoms with van der Waals surface area (Å²) in [4.78, 5) is 11.9. The zero-order valence-corrected chi connectivity index (χ0v) is 12.3. The second-order valence-corrected chi connectivity index (χ2v) is 6.72. The topological polar surface area (TPSA) is 127 Å². The smallest absolute Gasteiger partial charge is 0.271 e. The highest BCUT2D eigenvalue weighted by Gasteiger charge is 2.30. The van der Waals surface area contributed by atoms with Gasteiger partial charge in [-0.3, -0.25) is 10.1 Å². The molecule has 2 unspecified atom stereocenters. The Bertz CT molecular complexity index is 659. The minimum atomic E-state index is -3.98. The molecule has 0 aromatic heterocycles. The molecule has 0 radical (unpaired) electrons. The van der Waals surface area contributed by atoms with Crippen molar-refractivity contribution in [2.24, 2.45) is 11.1 Å². The molecular formula is C12H17N3O5S. The molecule has 1 aromatic rings. The van der Waals surface area contributed by atoms with Gasteiger partial charge in [-0.05, 0) is 19.4 Å². The molecule has 2 rings (SSSR count). The summed E-state index contributed by atoms with van der Waals surface area (Å²) in [6.45, 7) is 2.61. The summed E-state index contributed by atoms with van der Waals surface area (Å²) < 4.78 is 23.3. The van der Waals surface area contributed by atoms with Crippen LogP contribution in [0.15, 0.2) is 23.1 Å². The molecule has 0 saturated carbocycles. The van der Waals surface area contributed by atoms with Crippen LogP contribution in [-0.4, -0.2) is 37.6 Å². The molecule has 0 aliphatic carbocycles. The van der Waals surface area contributed by atoms with Crippen molar-refractivity contribution >= 4 is 21.4 Å². The van der Waals surface area contributed by atoms with Gasteiger partial charge in [-0.1, -0.05) is 0 Å². The van der Waals surface area contributed by atoms with E-state index in [4.69, 9.17) is 5.14 Å². The number of rotatable bonds is 4. The number of sulfonamides is 1. The van der Waals surface area contributed by atoms with E-state index < -0.39 is 21.1 Å². The van der Waals surface area contributed by atoms with Gasteiger partial charge in [0.05, 0.1) is 16.7 Å². The third kappa shape index (κ3) is 3.31. The van der Waals surface area contributed by atoms with E-state index in [0.29, 0.717) is 19.5 Å². The van der Waals surface area contributed by atoms with Gasteiger partial charge in [0, 0.05) is 31.1 Å². The number of nitrogens with zero attached hydrogens (tertiary/aromatic N) is 2. The Balaban J connectivity index is 2.45. The van der Waals surface area contributed by atoms with Gasteiger partial charge in [-0.15, -0.1) is 0 Å². The van der Waals surface area contributed by atoms with Crippen molar-refractivity contribution in [3.8, 4) is 0 Å². The lowest BCUT2D eigenvalue weighted by Crippen LogP contribution is -2.26. The number of hydrogen-bond donors (Lipinski definition) is 2. The number of nitro benzene ring substituents is 1. The maximum absolute atomic E-state index is 11.6. The van der Waals surface area contributed by atoms with E-state index in [9.17, 15) is 23.6 Å². The summed E-state index contributed by atoms with van der Waals surface area (Å²) in [5.74, 6) is -0.00223. The molecule has 2 atom stereocenters. The molecule has 1 saturated heterocycles. The maximum atomic E-state index is 11.6. The van der Waals surface area contributed by atoms with Crippen molar-refractivity contribution in [2.45, 2.75) is 24.3 Å². The van der Waals surface area contributed by atoms with Crippen LogP contribution in [0, 0.1) is 16.0 Å². The fourth-order valence-electron chi connectivity index (χ4n) is 2.51. The van der Waals surface area contributed by atoms with Crippen LogP contribution in [0.3, 0.4) is 0 Å². The standard InChI is InChI=1S/C12H17N3O5S/c1-8(16)9-4-5-14(7-9)11-6-10(15(17)18)2-3-12(11)21(13,19)20/h2-3,6,8-9,16H,4-5,7H2,1H3,(H2,13,19,20). The fraction of sp³-hybridized carbons (Fsp3) is 0.500. The molecule has 1 heterocycles. The normalized spacial score (nSPS) is 20.5. The molecule has 0 bridgehead atoms. The highest BCUT2D eigenvalue weighted by molar-refractivity contribution is 7.89. The SMILES string of the molecule is CC(O)C1CCN(c2cc([N+](=O)[O-])ccc2S(N)(=O)=O)C1. The van der Waals surface area contributed by atoms with E-state index in [0.717, 1.165) is 12.1 Å². The van der Waals surface area contributed by atoms with Crippen molar-refractivity contribution < 1.29 is 18.4 Å². The second kappa shape index (κ2) is 5.58. The van der Waals surface area contributed by atoms with E-state index in [1.807, 2.05) is 0 Å². The van der Waals surface area contributed by atoms with E-state index in [1.165, 1.54) is 6.07 Å². The lowest BCUT2D eigenvalue weighted by Gasteiger charge is -2.21. The molecule has 1 fully saturated rings. The van der Waals surface area contributed by atoms with Gasteiger partial charge in [0.25, 0.3) is 5.69 Å². The fourth-order valence-corrected chi connectivity index (χ4v) is 3.24. The maximum Gasteiger partial charge on any atom is 0.271 e. The number of hydrogen-bond acceptors (Lipinski definition) is 6. The van der Waals surface area contributed by atoms with E-state index >= 15 is 0 Å².